The van der Waals surface area contributed by atoms with Crippen LogP contribution in [0, 0.1) is 5.41 Å². The van der Waals surface area contributed by atoms with E-state index >= 15 is 0 Å². The summed E-state index contributed by atoms with van der Waals surface area (Å²) in [6.07, 6.45) is 3.83. The van der Waals surface area contributed by atoms with Crippen molar-refractivity contribution >= 4 is 23.2 Å². The van der Waals surface area contributed by atoms with Crippen LogP contribution in [0.15, 0.2) is 17.5 Å². The lowest BCUT2D eigenvalue weighted by Crippen LogP contribution is -2.56. The van der Waals surface area contributed by atoms with Crippen LogP contribution in [0.25, 0.3) is 0 Å². The molecule has 1 fully saturated rings. The molecular formula is C16H23NO3S. The zero-order chi connectivity index (χ0) is 15.5. The first-order valence-electron chi connectivity index (χ1n) is 7.46. The summed E-state index contributed by atoms with van der Waals surface area (Å²) in [5.74, 6) is -0.905. The molecule has 1 aromatic heterocycles. The lowest BCUT2D eigenvalue weighted by molar-refractivity contribution is -0.158. The number of rotatable bonds is 5. The summed E-state index contributed by atoms with van der Waals surface area (Å²) >= 11 is 1.70. The highest BCUT2D eigenvalue weighted by Crippen LogP contribution is 2.35. The summed E-state index contributed by atoms with van der Waals surface area (Å²) in [6, 6.07) is 3.38. The van der Waals surface area contributed by atoms with E-state index in [0.29, 0.717) is 13.0 Å². The second-order valence-electron chi connectivity index (χ2n) is 6.35. The molecule has 1 atom stereocenters. The number of aryl methyl sites for hydroxylation is 1. The molecule has 0 aromatic carbocycles. The Morgan fingerprint density at radius 3 is 2.86 bits per heavy atom. The molecule has 1 amide bonds. The molecule has 0 spiro atoms. The number of carbonyl (C=O) groups is 2. The van der Waals surface area contributed by atoms with E-state index in [9.17, 15) is 14.7 Å². The van der Waals surface area contributed by atoms with Crippen molar-refractivity contribution in [3.8, 4) is 0 Å². The van der Waals surface area contributed by atoms with Crippen LogP contribution in [0.2, 0.25) is 0 Å². The van der Waals surface area contributed by atoms with Gasteiger partial charge in [0.25, 0.3) is 0 Å². The summed E-state index contributed by atoms with van der Waals surface area (Å²) in [6.45, 7) is 4.45. The summed E-state index contributed by atoms with van der Waals surface area (Å²) in [4.78, 5) is 26.8. The summed E-state index contributed by atoms with van der Waals surface area (Å²) in [5, 5.41) is 11.5. The van der Waals surface area contributed by atoms with Gasteiger partial charge in [-0.3, -0.25) is 4.79 Å². The van der Waals surface area contributed by atoms with E-state index in [0.717, 1.165) is 25.7 Å². The Morgan fingerprint density at radius 2 is 2.24 bits per heavy atom. The molecule has 1 aliphatic heterocycles. The minimum Gasteiger partial charge on any atom is -0.480 e. The predicted octanol–water partition coefficient (Wildman–Crippen LogP) is 3.17. The van der Waals surface area contributed by atoms with Crippen molar-refractivity contribution < 1.29 is 14.7 Å². The molecular weight excluding hydrogens is 286 g/mol. The molecule has 0 saturated carbocycles. The fraction of sp³-hybridized carbons (Fsp3) is 0.625. The number of carboxylic acids is 1. The molecule has 2 rings (SSSR count). The number of piperidine rings is 1. The Bertz CT molecular complexity index is 496. The highest BCUT2D eigenvalue weighted by molar-refractivity contribution is 7.09. The van der Waals surface area contributed by atoms with E-state index < -0.39 is 12.0 Å². The first-order chi connectivity index (χ1) is 9.92. The Morgan fingerprint density at radius 1 is 1.48 bits per heavy atom. The average Bonchev–Trinajstić information content (AvgIpc) is 2.89. The molecule has 0 bridgehead atoms. The lowest BCUT2D eigenvalue weighted by atomic mass is 9.76. The second kappa shape index (κ2) is 6.60. The van der Waals surface area contributed by atoms with Gasteiger partial charge in [0, 0.05) is 17.8 Å². The van der Waals surface area contributed by atoms with E-state index in [1.54, 1.807) is 16.2 Å². The Balaban J connectivity index is 1.94. The summed E-state index contributed by atoms with van der Waals surface area (Å²) in [5.41, 5.74) is -0.354. The average molecular weight is 309 g/mol. The Labute approximate surface area is 129 Å². The van der Waals surface area contributed by atoms with Crippen molar-refractivity contribution in [1.82, 2.24) is 4.90 Å². The van der Waals surface area contributed by atoms with Gasteiger partial charge in [-0.05, 0) is 42.5 Å². The molecule has 21 heavy (non-hydrogen) atoms. The minimum atomic E-state index is -0.883. The Hall–Kier alpha value is -1.36. The van der Waals surface area contributed by atoms with Crippen LogP contribution < -0.4 is 0 Å². The maximum atomic E-state index is 12.4. The number of nitrogens with zero attached hydrogens (tertiary/aromatic N) is 1. The number of carboxylic acid groups (broad SMARTS) is 1. The third kappa shape index (κ3) is 3.84. The van der Waals surface area contributed by atoms with Gasteiger partial charge in [-0.2, -0.15) is 0 Å². The third-order valence-corrected chi connectivity index (χ3v) is 5.16. The SMILES string of the molecule is CC1(C)CCCN(C(=O)CCCc2cccs2)C1C(=O)O. The lowest BCUT2D eigenvalue weighted by Gasteiger charge is -2.44. The van der Waals surface area contributed by atoms with Crippen LogP contribution in [-0.2, 0) is 16.0 Å². The van der Waals surface area contributed by atoms with Gasteiger partial charge in [-0.25, -0.2) is 4.79 Å². The van der Waals surface area contributed by atoms with E-state index in [4.69, 9.17) is 0 Å². The van der Waals surface area contributed by atoms with Crippen molar-refractivity contribution in [2.45, 2.75) is 52.0 Å². The predicted molar refractivity (Wildman–Crippen MR) is 83.4 cm³/mol. The van der Waals surface area contributed by atoms with E-state index in [1.165, 1.54) is 4.88 Å². The van der Waals surface area contributed by atoms with Crippen molar-refractivity contribution in [2.24, 2.45) is 5.41 Å². The fourth-order valence-corrected chi connectivity index (χ4v) is 3.89. The summed E-state index contributed by atoms with van der Waals surface area (Å²) in [7, 11) is 0. The van der Waals surface area contributed by atoms with Gasteiger partial charge in [0.1, 0.15) is 6.04 Å². The van der Waals surface area contributed by atoms with Crippen molar-refractivity contribution in [3.63, 3.8) is 0 Å². The summed E-state index contributed by atoms with van der Waals surface area (Å²) < 4.78 is 0. The van der Waals surface area contributed by atoms with Crippen LogP contribution >= 0.6 is 11.3 Å². The van der Waals surface area contributed by atoms with E-state index in [-0.39, 0.29) is 11.3 Å². The minimum absolute atomic E-state index is 0.0215. The van der Waals surface area contributed by atoms with Gasteiger partial charge in [-0.15, -0.1) is 11.3 Å². The van der Waals surface area contributed by atoms with Gasteiger partial charge < -0.3 is 10.0 Å². The molecule has 2 heterocycles. The van der Waals surface area contributed by atoms with Gasteiger partial charge >= 0.3 is 5.97 Å². The molecule has 4 nitrogen and oxygen atoms in total. The van der Waals surface area contributed by atoms with Crippen LogP contribution in [0.4, 0.5) is 0 Å². The number of likely N-dealkylation sites (tertiary alicyclic amines) is 1. The topological polar surface area (TPSA) is 57.6 Å². The molecule has 1 N–H and O–H groups in total. The first kappa shape index (κ1) is 16.0. The zero-order valence-electron chi connectivity index (χ0n) is 12.7. The number of aliphatic carboxylic acids is 1. The zero-order valence-corrected chi connectivity index (χ0v) is 13.5. The quantitative estimate of drug-likeness (QED) is 0.909. The maximum absolute atomic E-state index is 12.4. The largest absolute Gasteiger partial charge is 0.480 e. The number of thiophene rings is 1. The highest BCUT2D eigenvalue weighted by atomic mass is 32.1. The maximum Gasteiger partial charge on any atom is 0.326 e. The normalized spacial score (nSPS) is 21.2. The number of hydrogen-bond donors (Lipinski definition) is 1. The number of hydrogen-bond acceptors (Lipinski definition) is 3. The number of carbonyl (C=O) groups excluding carboxylic acids is 1. The Kier molecular flexibility index (Phi) is 5.04. The van der Waals surface area contributed by atoms with Crippen LogP contribution in [0.3, 0.4) is 0 Å². The molecule has 0 radical (unpaired) electrons. The van der Waals surface area contributed by atoms with Gasteiger partial charge in [0.05, 0.1) is 0 Å². The van der Waals surface area contributed by atoms with Gasteiger partial charge in [0.2, 0.25) is 5.91 Å². The molecule has 1 unspecified atom stereocenters. The van der Waals surface area contributed by atoms with Crippen LogP contribution in [0.5, 0.6) is 0 Å². The molecule has 5 heteroatoms. The standard InChI is InChI=1S/C16H23NO3S/c1-16(2)9-5-10-17(14(16)15(19)20)13(18)8-3-6-12-7-4-11-21-12/h4,7,11,14H,3,5-6,8-10H2,1-2H3,(H,19,20). The van der Waals surface area contributed by atoms with E-state index in [1.807, 2.05) is 25.3 Å². The monoisotopic (exact) mass is 309 g/mol. The molecule has 1 aromatic rings. The van der Waals surface area contributed by atoms with Gasteiger partial charge in [0.15, 0.2) is 0 Å². The van der Waals surface area contributed by atoms with Crippen LogP contribution in [0.1, 0.15) is 44.4 Å². The molecule has 0 aliphatic carbocycles. The fourth-order valence-electron chi connectivity index (χ4n) is 3.14. The van der Waals surface area contributed by atoms with Gasteiger partial charge in [-0.1, -0.05) is 19.9 Å². The van der Waals surface area contributed by atoms with Crippen LogP contribution in [-0.4, -0.2) is 34.5 Å². The van der Waals surface area contributed by atoms with Crippen molar-refractivity contribution in [1.29, 1.82) is 0 Å². The molecule has 116 valence electrons. The second-order valence-corrected chi connectivity index (χ2v) is 7.39. The smallest absolute Gasteiger partial charge is 0.326 e. The van der Waals surface area contributed by atoms with Crippen molar-refractivity contribution in [3.05, 3.63) is 22.4 Å². The van der Waals surface area contributed by atoms with Crippen molar-refractivity contribution in [2.75, 3.05) is 6.54 Å². The highest BCUT2D eigenvalue weighted by Gasteiger charge is 2.44. The first-order valence-corrected chi connectivity index (χ1v) is 8.34. The number of amides is 1. The molecule has 1 saturated heterocycles. The third-order valence-electron chi connectivity index (χ3n) is 4.22. The molecule has 1 aliphatic rings. The van der Waals surface area contributed by atoms with E-state index in [2.05, 4.69) is 6.07 Å².